The standard InChI is InChI=1S/C19H27N5O2/c1-4-23-8-7-20-18(23)12-22-9-15-5-6-16(10-22)24(19(15)25)11-17-13(2)21-26-14(17)3/h7-8,15-16H,4-6,9-12H2,1-3H3/t15-,16+/m0/s1. The molecular formula is C19H27N5O2. The average Bonchev–Trinajstić information content (AvgIpc) is 3.09. The summed E-state index contributed by atoms with van der Waals surface area (Å²) in [5.41, 5.74) is 1.94. The Kier molecular flexibility index (Phi) is 4.56. The highest BCUT2D eigenvalue weighted by atomic mass is 16.5. The highest BCUT2D eigenvalue weighted by Crippen LogP contribution is 2.31. The number of carbonyl (C=O) groups is 1. The molecule has 2 aromatic rings. The van der Waals surface area contributed by atoms with Crippen molar-refractivity contribution in [1.82, 2.24) is 24.5 Å². The van der Waals surface area contributed by atoms with Gasteiger partial charge in [0, 0.05) is 43.6 Å². The minimum Gasteiger partial charge on any atom is -0.361 e. The second-order valence-corrected chi connectivity index (χ2v) is 7.52. The highest BCUT2D eigenvalue weighted by Gasteiger charge is 2.41. The van der Waals surface area contributed by atoms with Crippen molar-refractivity contribution in [3.63, 3.8) is 0 Å². The van der Waals surface area contributed by atoms with Crippen LogP contribution in [0.2, 0.25) is 0 Å². The molecule has 2 aromatic heterocycles. The largest absolute Gasteiger partial charge is 0.361 e. The second-order valence-electron chi connectivity index (χ2n) is 7.52. The summed E-state index contributed by atoms with van der Waals surface area (Å²) in [6.45, 7) is 10.1. The summed E-state index contributed by atoms with van der Waals surface area (Å²) in [4.78, 5) is 22.0. The number of carbonyl (C=O) groups excluding carboxylic acids is 1. The number of aromatic nitrogens is 3. The Bertz CT molecular complexity index is 776. The summed E-state index contributed by atoms with van der Waals surface area (Å²) in [7, 11) is 0. The molecule has 0 spiro atoms. The van der Waals surface area contributed by atoms with Crippen LogP contribution in [0.4, 0.5) is 0 Å². The Morgan fingerprint density at radius 3 is 2.81 bits per heavy atom. The van der Waals surface area contributed by atoms with Crippen LogP contribution in [0.3, 0.4) is 0 Å². The summed E-state index contributed by atoms with van der Waals surface area (Å²) >= 11 is 0. The second kappa shape index (κ2) is 6.87. The van der Waals surface area contributed by atoms with E-state index in [1.54, 1.807) is 0 Å². The van der Waals surface area contributed by atoms with Crippen molar-refractivity contribution in [3.05, 3.63) is 35.2 Å². The van der Waals surface area contributed by atoms with Crippen LogP contribution in [-0.4, -0.2) is 49.5 Å². The minimum atomic E-state index is 0.0826. The van der Waals surface area contributed by atoms with E-state index in [2.05, 4.69) is 31.4 Å². The van der Waals surface area contributed by atoms with Crippen molar-refractivity contribution in [1.29, 1.82) is 0 Å². The molecule has 26 heavy (non-hydrogen) atoms. The lowest BCUT2D eigenvalue weighted by Gasteiger charge is -2.36. The fourth-order valence-corrected chi connectivity index (χ4v) is 4.34. The Balaban J connectivity index is 1.53. The van der Waals surface area contributed by atoms with Crippen molar-refractivity contribution < 1.29 is 9.32 Å². The van der Waals surface area contributed by atoms with Gasteiger partial charge in [-0.25, -0.2) is 4.98 Å². The van der Waals surface area contributed by atoms with Crippen molar-refractivity contribution in [2.75, 3.05) is 13.1 Å². The van der Waals surface area contributed by atoms with Crippen LogP contribution < -0.4 is 0 Å². The lowest BCUT2D eigenvalue weighted by molar-refractivity contribution is -0.140. The predicted octanol–water partition coefficient (Wildman–Crippen LogP) is 2.13. The first-order valence-corrected chi connectivity index (χ1v) is 9.51. The van der Waals surface area contributed by atoms with E-state index in [4.69, 9.17) is 4.52 Å². The summed E-state index contributed by atoms with van der Waals surface area (Å²) in [5, 5.41) is 4.04. The summed E-state index contributed by atoms with van der Waals surface area (Å²) < 4.78 is 7.47. The van der Waals surface area contributed by atoms with Gasteiger partial charge in [0.2, 0.25) is 5.91 Å². The van der Waals surface area contributed by atoms with Crippen LogP contribution in [0.25, 0.3) is 0 Å². The third-order valence-corrected chi connectivity index (χ3v) is 5.89. The molecule has 7 heteroatoms. The van der Waals surface area contributed by atoms with E-state index in [9.17, 15) is 4.79 Å². The fourth-order valence-electron chi connectivity index (χ4n) is 4.34. The van der Waals surface area contributed by atoms with E-state index in [0.29, 0.717) is 6.54 Å². The number of rotatable bonds is 5. The van der Waals surface area contributed by atoms with Crippen LogP contribution in [0.5, 0.6) is 0 Å². The predicted molar refractivity (Wildman–Crippen MR) is 96.2 cm³/mol. The van der Waals surface area contributed by atoms with Gasteiger partial charge in [0.1, 0.15) is 11.6 Å². The molecule has 2 bridgehead atoms. The van der Waals surface area contributed by atoms with Gasteiger partial charge in [-0.3, -0.25) is 9.69 Å². The van der Waals surface area contributed by atoms with Gasteiger partial charge in [-0.05, 0) is 33.6 Å². The number of hydrogen-bond acceptors (Lipinski definition) is 5. The summed E-state index contributed by atoms with van der Waals surface area (Å²) in [6, 6.07) is 0.250. The molecule has 1 amide bonds. The smallest absolute Gasteiger partial charge is 0.227 e. The number of piperidine rings is 1. The number of nitrogens with zero attached hydrogens (tertiary/aromatic N) is 5. The zero-order chi connectivity index (χ0) is 18.3. The van der Waals surface area contributed by atoms with Gasteiger partial charge in [0.05, 0.1) is 24.7 Å². The van der Waals surface area contributed by atoms with Gasteiger partial charge in [-0.1, -0.05) is 5.16 Å². The Morgan fingerprint density at radius 2 is 2.08 bits per heavy atom. The highest BCUT2D eigenvalue weighted by molar-refractivity contribution is 5.80. The Labute approximate surface area is 154 Å². The molecule has 5 rings (SSSR count). The Hall–Kier alpha value is -2.15. The lowest BCUT2D eigenvalue weighted by Crippen LogP contribution is -2.47. The zero-order valence-electron chi connectivity index (χ0n) is 15.8. The molecule has 0 radical (unpaired) electrons. The van der Waals surface area contributed by atoms with Gasteiger partial charge in [0.15, 0.2) is 0 Å². The first-order chi connectivity index (χ1) is 12.6. The molecule has 0 aromatic carbocycles. The molecular weight excluding hydrogens is 330 g/mol. The van der Waals surface area contributed by atoms with E-state index < -0.39 is 0 Å². The molecule has 3 saturated heterocycles. The molecule has 0 N–H and O–H groups in total. The Morgan fingerprint density at radius 1 is 1.23 bits per heavy atom. The van der Waals surface area contributed by atoms with Crippen molar-refractivity contribution in [3.8, 4) is 0 Å². The number of hydrogen-bond donors (Lipinski definition) is 0. The number of imidazole rings is 1. The van der Waals surface area contributed by atoms with Gasteiger partial charge in [0.25, 0.3) is 0 Å². The summed E-state index contributed by atoms with van der Waals surface area (Å²) in [6.07, 6.45) is 5.94. The topological polar surface area (TPSA) is 67.4 Å². The molecule has 3 aliphatic heterocycles. The monoisotopic (exact) mass is 357 g/mol. The van der Waals surface area contributed by atoms with Crippen LogP contribution >= 0.6 is 0 Å². The van der Waals surface area contributed by atoms with Crippen LogP contribution in [0, 0.1) is 19.8 Å². The lowest BCUT2D eigenvalue weighted by atomic mass is 9.93. The number of fused-ring (bicyclic) bond motifs is 4. The van der Waals surface area contributed by atoms with Crippen molar-refractivity contribution in [2.45, 2.75) is 59.3 Å². The first kappa shape index (κ1) is 17.3. The number of amides is 1. The van der Waals surface area contributed by atoms with Gasteiger partial charge in [-0.2, -0.15) is 0 Å². The van der Waals surface area contributed by atoms with Gasteiger partial charge in [-0.15, -0.1) is 0 Å². The van der Waals surface area contributed by atoms with E-state index in [-0.39, 0.29) is 17.9 Å². The molecule has 0 aliphatic carbocycles. The van der Waals surface area contributed by atoms with E-state index in [1.165, 1.54) is 0 Å². The molecule has 0 unspecified atom stereocenters. The molecule has 3 aliphatic rings. The third-order valence-electron chi connectivity index (χ3n) is 5.89. The van der Waals surface area contributed by atoms with Crippen LogP contribution in [0.15, 0.2) is 16.9 Å². The molecule has 3 fully saturated rings. The fraction of sp³-hybridized carbons (Fsp3) is 0.632. The maximum atomic E-state index is 13.1. The summed E-state index contributed by atoms with van der Waals surface area (Å²) in [5.74, 6) is 2.26. The first-order valence-electron chi connectivity index (χ1n) is 9.51. The van der Waals surface area contributed by atoms with Crippen molar-refractivity contribution in [2.24, 2.45) is 5.92 Å². The zero-order valence-corrected chi connectivity index (χ0v) is 15.8. The van der Waals surface area contributed by atoms with Crippen molar-refractivity contribution >= 4 is 5.91 Å². The van der Waals surface area contributed by atoms with Gasteiger partial charge >= 0.3 is 0 Å². The van der Waals surface area contributed by atoms with E-state index >= 15 is 0 Å². The maximum Gasteiger partial charge on any atom is 0.227 e. The van der Waals surface area contributed by atoms with Crippen LogP contribution in [0.1, 0.15) is 42.6 Å². The molecule has 7 nitrogen and oxygen atoms in total. The molecule has 2 atom stereocenters. The van der Waals surface area contributed by atoms with E-state index in [1.807, 2.05) is 26.2 Å². The molecule has 0 saturated carbocycles. The third kappa shape index (κ3) is 3.05. The van der Waals surface area contributed by atoms with Gasteiger partial charge < -0.3 is 14.0 Å². The normalized spacial score (nSPS) is 23.7. The average molecular weight is 357 g/mol. The van der Waals surface area contributed by atoms with E-state index in [0.717, 1.165) is 61.9 Å². The minimum absolute atomic E-state index is 0.0826. The molecule has 140 valence electrons. The maximum absolute atomic E-state index is 13.1. The quantitative estimate of drug-likeness (QED) is 0.820. The molecule has 5 heterocycles. The SMILES string of the molecule is CCn1ccnc1CN1C[C@@H]2CC[C@H](C1)N(Cc1c(C)noc1C)C2=O. The van der Waals surface area contributed by atoms with Crippen LogP contribution in [-0.2, 0) is 24.4 Å². The number of aryl methyl sites for hydroxylation is 3.